The zero-order valence-corrected chi connectivity index (χ0v) is 10.9. The van der Waals surface area contributed by atoms with E-state index in [4.69, 9.17) is 5.73 Å². The molecule has 1 fully saturated rings. The van der Waals surface area contributed by atoms with Crippen molar-refractivity contribution in [2.45, 2.75) is 6.04 Å². The van der Waals surface area contributed by atoms with Crippen LogP contribution < -0.4 is 10.6 Å². The monoisotopic (exact) mass is 285 g/mol. The Kier molecular flexibility index (Phi) is 3.73. The minimum Gasteiger partial charge on any atom is -0.349 e. The number of piperazine rings is 1. The normalized spacial score (nSPS) is 22.4. The van der Waals surface area contributed by atoms with Crippen LogP contribution in [0.25, 0.3) is 0 Å². The van der Waals surface area contributed by atoms with Crippen molar-refractivity contribution in [2.24, 2.45) is 5.73 Å². The molecular formula is C10H16BrN5. The molecule has 16 heavy (non-hydrogen) atoms. The predicted octanol–water partition coefficient (Wildman–Crippen LogP) is 0.318. The van der Waals surface area contributed by atoms with E-state index in [1.165, 1.54) is 0 Å². The van der Waals surface area contributed by atoms with Gasteiger partial charge in [0.1, 0.15) is 12.1 Å². The second-order valence-corrected chi connectivity index (χ2v) is 4.89. The first kappa shape index (κ1) is 11.8. The second-order valence-electron chi connectivity index (χ2n) is 4.04. The van der Waals surface area contributed by atoms with Gasteiger partial charge in [0.25, 0.3) is 0 Å². The van der Waals surface area contributed by atoms with Gasteiger partial charge in [0, 0.05) is 32.4 Å². The largest absolute Gasteiger partial charge is 0.349 e. The quantitative estimate of drug-likeness (QED) is 0.848. The Balaban J connectivity index is 2.22. The Morgan fingerprint density at radius 1 is 1.56 bits per heavy atom. The van der Waals surface area contributed by atoms with Crippen LogP contribution in [0, 0.1) is 0 Å². The fraction of sp³-hybridized carbons (Fsp3) is 0.600. The number of nitrogens with zero attached hydrogens (tertiary/aromatic N) is 4. The highest BCUT2D eigenvalue weighted by Gasteiger charge is 2.26. The van der Waals surface area contributed by atoms with Crippen molar-refractivity contribution < 1.29 is 0 Å². The topological polar surface area (TPSA) is 58.3 Å². The van der Waals surface area contributed by atoms with Gasteiger partial charge in [-0.2, -0.15) is 0 Å². The van der Waals surface area contributed by atoms with Crippen molar-refractivity contribution in [3.8, 4) is 0 Å². The molecule has 2 heterocycles. The molecule has 6 heteroatoms. The Morgan fingerprint density at radius 2 is 2.38 bits per heavy atom. The first-order valence-electron chi connectivity index (χ1n) is 5.33. The number of nitrogens with two attached hydrogens (primary N) is 1. The van der Waals surface area contributed by atoms with Gasteiger partial charge in [-0.1, -0.05) is 0 Å². The SMILES string of the molecule is CN1CCN(c2ncncc2Br)C(CN)C1. The summed E-state index contributed by atoms with van der Waals surface area (Å²) in [6.07, 6.45) is 3.35. The van der Waals surface area contributed by atoms with E-state index in [0.29, 0.717) is 12.6 Å². The predicted molar refractivity (Wildman–Crippen MR) is 67.4 cm³/mol. The van der Waals surface area contributed by atoms with Crippen LogP contribution in [0.15, 0.2) is 17.0 Å². The molecule has 2 N–H and O–H groups in total. The summed E-state index contributed by atoms with van der Waals surface area (Å²) < 4.78 is 0.929. The maximum Gasteiger partial charge on any atom is 0.146 e. The summed E-state index contributed by atoms with van der Waals surface area (Å²) in [4.78, 5) is 12.8. The molecule has 2 rings (SSSR count). The van der Waals surface area contributed by atoms with Crippen LogP contribution in [0.2, 0.25) is 0 Å². The Labute approximate surface area is 104 Å². The molecule has 1 atom stereocenters. The smallest absolute Gasteiger partial charge is 0.146 e. The third-order valence-electron chi connectivity index (χ3n) is 2.88. The van der Waals surface area contributed by atoms with Crippen molar-refractivity contribution in [3.05, 3.63) is 17.0 Å². The van der Waals surface area contributed by atoms with Gasteiger partial charge in [-0.05, 0) is 23.0 Å². The van der Waals surface area contributed by atoms with Gasteiger partial charge in [0.15, 0.2) is 0 Å². The number of halogens is 1. The maximum atomic E-state index is 5.82. The number of hydrogen-bond donors (Lipinski definition) is 1. The number of likely N-dealkylation sites (N-methyl/N-ethyl adjacent to an activating group) is 1. The van der Waals surface area contributed by atoms with Crippen molar-refractivity contribution in [3.63, 3.8) is 0 Å². The molecule has 0 radical (unpaired) electrons. The van der Waals surface area contributed by atoms with E-state index < -0.39 is 0 Å². The summed E-state index contributed by atoms with van der Waals surface area (Å²) >= 11 is 3.48. The molecule has 0 spiro atoms. The van der Waals surface area contributed by atoms with Crippen LogP contribution in [-0.2, 0) is 0 Å². The van der Waals surface area contributed by atoms with E-state index in [9.17, 15) is 0 Å². The van der Waals surface area contributed by atoms with Gasteiger partial charge < -0.3 is 15.5 Å². The van der Waals surface area contributed by atoms with Crippen LogP contribution >= 0.6 is 15.9 Å². The lowest BCUT2D eigenvalue weighted by Crippen LogP contribution is -2.55. The van der Waals surface area contributed by atoms with Crippen molar-refractivity contribution in [2.75, 3.05) is 38.1 Å². The Hall–Kier alpha value is -0.720. The molecule has 0 bridgehead atoms. The Morgan fingerprint density at radius 3 is 3.06 bits per heavy atom. The summed E-state index contributed by atoms with van der Waals surface area (Å²) in [7, 11) is 2.12. The van der Waals surface area contributed by atoms with Crippen molar-refractivity contribution in [1.82, 2.24) is 14.9 Å². The van der Waals surface area contributed by atoms with E-state index in [-0.39, 0.29) is 0 Å². The van der Waals surface area contributed by atoms with Gasteiger partial charge in [-0.3, -0.25) is 0 Å². The molecule has 0 aromatic carbocycles. The van der Waals surface area contributed by atoms with Crippen LogP contribution in [0.1, 0.15) is 0 Å². The van der Waals surface area contributed by atoms with E-state index >= 15 is 0 Å². The molecule has 1 aliphatic heterocycles. The first-order chi connectivity index (χ1) is 7.72. The van der Waals surface area contributed by atoms with E-state index in [1.807, 2.05) is 0 Å². The molecular weight excluding hydrogens is 270 g/mol. The zero-order chi connectivity index (χ0) is 11.5. The van der Waals surface area contributed by atoms with Crippen LogP contribution in [-0.4, -0.2) is 54.1 Å². The van der Waals surface area contributed by atoms with E-state index in [0.717, 1.165) is 29.9 Å². The second kappa shape index (κ2) is 5.07. The standard InChI is InChI=1S/C10H16BrN5/c1-15-2-3-16(8(4-12)6-15)10-9(11)5-13-7-14-10/h5,7-8H,2-4,6,12H2,1H3. The van der Waals surface area contributed by atoms with Crippen LogP contribution in [0.4, 0.5) is 5.82 Å². The number of aromatic nitrogens is 2. The molecule has 1 saturated heterocycles. The third kappa shape index (κ3) is 2.34. The summed E-state index contributed by atoms with van der Waals surface area (Å²) in [6, 6.07) is 0.324. The highest BCUT2D eigenvalue weighted by atomic mass is 79.9. The van der Waals surface area contributed by atoms with Gasteiger partial charge in [-0.25, -0.2) is 9.97 Å². The van der Waals surface area contributed by atoms with Gasteiger partial charge in [0.05, 0.1) is 10.5 Å². The van der Waals surface area contributed by atoms with Gasteiger partial charge in [-0.15, -0.1) is 0 Å². The number of hydrogen-bond acceptors (Lipinski definition) is 5. The molecule has 1 aromatic rings. The Bertz CT molecular complexity index is 359. The fourth-order valence-electron chi connectivity index (χ4n) is 2.01. The third-order valence-corrected chi connectivity index (χ3v) is 3.44. The fourth-order valence-corrected chi connectivity index (χ4v) is 2.46. The summed E-state index contributed by atoms with van der Waals surface area (Å²) in [5.41, 5.74) is 5.82. The van der Waals surface area contributed by atoms with Crippen LogP contribution in [0.5, 0.6) is 0 Å². The van der Waals surface area contributed by atoms with Crippen LogP contribution in [0.3, 0.4) is 0 Å². The van der Waals surface area contributed by atoms with E-state index in [1.54, 1.807) is 12.5 Å². The van der Waals surface area contributed by atoms with Gasteiger partial charge >= 0.3 is 0 Å². The minimum atomic E-state index is 0.324. The number of anilines is 1. The lowest BCUT2D eigenvalue weighted by atomic mass is 10.1. The average Bonchev–Trinajstić information content (AvgIpc) is 2.30. The minimum absolute atomic E-state index is 0.324. The highest BCUT2D eigenvalue weighted by molar-refractivity contribution is 9.10. The molecule has 1 unspecified atom stereocenters. The maximum absolute atomic E-state index is 5.82. The average molecular weight is 286 g/mol. The molecule has 88 valence electrons. The molecule has 0 aliphatic carbocycles. The molecule has 0 saturated carbocycles. The molecule has 0 amide bonds. The zero-order valence-electron chi connectivity index (χ0n) is 9.30. The molecule has 1 aliphatic rings. The summed E-state index contributed by atoms with van der Waals surface area (Å²) in [5.74, 6) is 0.943. The summed E-state index contributed by atoms with van der Waals surface area (Å²) in [6.45, 7) is 3.61. The summed E-state index contributed by atoms with van der Waals surface area (Å²) in [5, 5.41) is 0. The first-order valence-corrected chi connectivity index (χ1v) is 6.12. The molecule has 5 nitrogen and oxygen atoms in total. The number of rotatable bonds is 2. The highest BCUT2D eigenvalue weighted by Crippen LogP contribution is 2.25. The lowest BCUT2D eigenvalue weighted by Gasteiger charge is -2.40. The lowest BCUT2D eigenvalue weighted by molar-refractivity contribution is 0.268. The molecule has 1 aromatic heterocycles. The van der Waals surface area contributed by atoms with Crippen molar-refractivity contribution >= 4 is 21.7 Å². The van der Waals surface area contributed by atoms with Crippen molar-refractivity contribution in [1.29, 1.82) is 0 Å². The van der Waals surface area contributed by atoms with E-state index in [2.05, 4.69) is 42.7 Å². The van der Waals surface area contributed by atoms with Gasteiger partial charge in [0.2, 0.25) is 0 Å².